The fourth-order valence-electron chi connectivity index (χ4n) is 6.42. The Bertz CT molecular complexity index is 2270. The Morgan fingerprint density at radius 2 is 1.45 bits per heavy atom. The second-order valence-electron chi connectivity index (χ2n) is 13.6. The standard InChI is InChI=1S/C28H21F3NS.C15H18GeN.Ir/c1-3-16(4-2)18-9-10-32-25(15-18)19-6-8-27-22(12-19)21-11-17(5-7-26(21)33-27)20-13-23(29)28(31)24(30)14-20;1-12-10-15(13-8-6-5-7-9-13)17-11-14(12)16(2,3)4;/h5,7-16H,3-4H2,1-2H3;5-8,10-11H,1-4H3;/q2*-1;. The first-order valence-corrected chi connectivity index (χ1v) is 25.1. The summed E-state index contributed by atoms with van der Waals surface area (Å²) in [5.41, 5.74) is 7.45. The molecule has 0 N–H and O–H groups in total. The van der Waals surface area contributed by atoms with Crippen molar-refractivity contribution in [3.8, 4) is 33.6 Å². The fourth-order valence-corrected chi connectivity index (χ4v) is 11.0. The number of halogens is 3. The first kappa shape index (κ1) is 38.6. The predicted molar refractivity (Wildman–Crippen MR) is 206 cm³/mol. The van der Waals surface area contributed by atoms with E-state index in [4.69, 9.17) is 0 Å². The van der Waals surface area contributed by atoms with Crippen molar-refractivity contribution >= 4 is 49.2 Å². The number of fused-ring (bicyclic) bond motifs is 3. The topological polar surface area (TPSA) is 25.8 Å². The van der Waals surface area contributed by atoms with Crippen LogP contribution in [-0.4, -0.2) is 23.2 Å². The molecular weight excluding hydrogens is 898 g/mol. The molecule has 263 valence electrons. The van der Waals surface area contributed by atoms with Crippen LogP contribution in [0.4, 0.5) is 13.2 Å². The van der Waals surface area contributed by atoms with E-state index in [1.807, 2.05) is 42.6 Å². The van der Waals surface area contributed by atoms with Crippen molar-refractivity contribution in [2.45, 2.75) is 56.8 Å². The number of nitrogens with zero attached hydrogens (tertiary/aromatic N) is 2. The molecule has 0 aliphatic carbocycles. The Kier molecular flexibility index (Phi) is 12.4. The van der Waals surface area contributed by atoms with Crippen molar-refractivity contribution in [2.75, 3.05) is 0 Å². The summed E-state index contributed by atoms with van der Waals surface area (Å²) in [6, 6.07) is 32.7. The zero-order valence-electron chi connectivity index (χ0n) is 29.5. The van der Waals surface area contributed by atoms with E-state index in [1.165, 1.54) is 15.5 Å². The van der Waals surface area contributed by atoms with Crippen LogP contribution in [-0.2, 0) is 20.1 Å². The number of aryl methyl sites for hydroxylation is 1. The molecule has 0 atom stereocenters. The van der Waals surface area contributed by atoms with Crippen LogP contribution < -0.4 is 4.40 Å². The molecule has 0 aliphatic heterocycles. The van der Waals surface area contributed by atoms with Gasteiger partial charge in [0.1, 0.15) is 0 Å². The molecule has 0 fully saturated rings. The maximum absolute atomic E-state index is 13.8. The molecule has 7 aromatic rings. The van der Waals surface area contributed by atoms with Crippen molar-refractivity contribution < 1.29 is 33.3 Å². The Hall–Kier alpha value is -3.62. The Labute approximate surface area is 318 Å². The van der Waals surface area contributed by atoms with Gasteiger partial charge in [-0.3, -0.25) is 0 Å². The van der Waals surface area contributed by atoms with Gasteiger partial charge in [-0.15, -0.1) is 23.8 Å². The van der Waals surface area contributed by atoms with Crippen molar-refractivity contribution in [3.63, 3.8) is 0 Å². The molecule has 7 rings (SSSR count). The number of thiophene rings is 1. The zero-order valence-corrected chi connectivity index (χ0v) is 34.8. The Balaban J connectivity index is 0.000000237. The van der Waals surface area contributed by atoms with Crippen molar-refractivity contribution in [1.29, 1.82) is 0 Å². The average molecular weight is 938 g/mol. The van der Waals surface area contributed by atoms with Crippen LogP contribution in [0.2, 0.25) is 17.3 Å². The summed E-state index contributed by atoms with van der Waals surface area (Å²) in [4.78, 5) is 9.17. The number of hydrogen-bond donors (Lipinski definition) is 0. The van der Waals surface area contributed by atoms with E-state index < -0.39 is 30.7 Å². The molecule has 2 nitrogen and oxygen atoms in total. The number of rotatable bonds is 7. The van der Waals surface area contributed by atoms with Crippen molar-refractivity contribution in [3.05, 3.63) is 138 Å². The second kappa shape index (κ2) is 16.4. The molecular formula is C43H39F3GeIrN2S-2. The van der Waals surface area contributed by atoms with Crippen LogP contribution in [0.15, 0.2) is 97.3 Å². The van der Waals surface area contributed by atoms with Crippen LogP contribution in [0.25, 0.3) is 53.8 Å². The first-order chi connectivity index (χ1) is 24.0. The summed E-state index contributed by atoms with van der Waals surface area (Å²) in [7, 11) is 0. The molecule has 0 spiro atoms. The smallest absolute Gasteiger partial charge is 0 e. The molecule has 1 radical (unpaired) electrons. The maximum Gasteiger partial charge on any atom is 0 e. The quantitative estimate of drug-likeness (QED) is 0.0904. The van der Waals surface area contributed by atoms with Crippen LogP contribution in [0.3, 0.4) is 0 Å². The van der Waals surface area contributed by atoms with Gasteiger partial charge in [-0.25, -0.2) is 13.2 Å². The van der Waals surface area contributed by atoms with E-state index in [0.29, 0.717) is 17.0 Å². The minimum Gasteiger partial charge on any atom is 0 e. The van der Waals surface area contributed by atoms with Gasteiger partial charge in [0, 0.05) is 31.0 Å². The summed E-state index contributed by atoms with van der Waals surface area (Å²) in [6.07, 6.45) is 6.07. The largest absolute Gasteiger partial charge is 0 e. The summed E-state index contributed by atoms with van der Waals surface area (Å²) >= 11 is -0.139. The van der Waals surface area contributed by atoms with Gasteiger partial charge in [0.05, 0.1) is 0 Å². The zero-order chi connectivity index (χ0) is 35.6. The summed E-state index contributed by atoms with van der Waals surface area (Å²) in [6.45, 7) is 6.58. The average Bonchev–Trinajstić information content (AvgIpc) is 3.48. The van der Waals surface area contributed by atoms with Crippen LogP contribution in [0.1, 0.15) is 43.7 Å². The van der Waals surface area contributed by atoms with Gasteiger partial charge in [-0.2, -0.15) is 11.3 Å². The molecule has 0 bridgehead atoms. The van der Waals surface area contributed by atoms with Gasteiger partial charge < -0.3 is 4.98 Å². The van der Waals surface area contributed by atoms with E-state index in [0.717, 1.165) is 67.7 Å². The number of hydrogen-bond acceptors (Lipinski definition) is 3. The molecule has 3 aromatic heterocycles. The Morgan fingerprint density at radius 3 is 2.10 bits per heavy atom. The number of pyridine rings is 2. The molecule has 0 aliphatic rings. The maximum atomic E-state index is 13.8. The third-order valence-corrected chi connectivity index (χ3v) is 14.8. The predicted octanol–water partition coefficient (Wildman–Crippen LogP) is 12.3. The van der Waals surface area contributed by atoms with Crippen molar-refractivity contribution in [2.24, 2.45) is 0 Å². The van der Waals surface area contributed by atoms with Crippen LogP contribution >= 0.6 is 11.3 Å². The molecule has 0 amide bonds. The van der Waals surface area contributed by atoms with Crippen LogP contribution in [0.5, 0.6) is 0 Å². The van der Waals surface area contributed by atoms with E-state index >= 15 is 0 Å². The molecule has 0 unspecified atom stereocenters. The summed E-state index contributed by atoms with van der Waals surface area (Å²) in [5.74, 6) is 3.86. The number of aromatic nitrogens is 2. The third kappa shape index (κ3) is 8.55. The Morgan fingerprint density at radius 1 is 0.745 bits per heavy atom. The van der Waals surface area contributed by atoms with Gasteiger partial charge >= 0.3 is 106 Å². The van der Waals surface area contributed by atoms with E-state index in [1.54, 1.807) is 17.4 Å². The minimum absolute atomic E-state index is 0. The molecule has 0 saturated carbocycles. The summed E-state index contributed by atoms with van der Waals surface area (Å²) < 4.78 is 44.6. The molecule has 0 saturated heterocycles. The molecule has 51 heavy (non-hydrogen) atoms. The van der Waals surface area contributed by atoms with E-state index in [2.05, 4.69) is 96.7 Å². The van der Waals surface area contributed by atoms with Crippen molar-refractivity contribution in [1.82, 2.24) is 9.97 Å². The van der Waals surface area contributed by atoms with Gasteiger partial charge in [0.2, 0.25) is 0 Å². The third-order valence-electron chi connectivity index (χ3n) is 9.14. The molecule has 3 heterocycles. The van der Waals surface area contributed by atoms with E-state index in [-0.39, 0.29) is 20.1 Å². The number of benzene rings is 4. The van der Waals surface area contributed by atoms with E-state index in [9.17, 15) is 13.2 Å². The van der Waals surface area contributed by atoms with Crippen LogP contribution in [0, 0.1) is 36.5 Å². The van der Waals surface area contributed by atoms with Gasteiger partial charge in [-0.05, 0) is 76.0 Å². The monoisotopic (exact) mass is 939 g/mol. The first-order valence-electron chi connectivity index (χ1n) is 16.9. The fraction of sp³-hybridized carbons (Fsp3) is 0.209. The molecule has 4 aromatic carbocycles. The molecule has 8 heteroatoms. The van der Waals surface area contributed by atoms with Gasteiger partial charge in [-0.1, -0.05) is 36.9 Å². The minimum atomic E-state index is -1.77. The summed E-state index contributed by atoms with van der Waals surface area (Å²) in [5, 5.41) is 2.01. The van der Waals surface area contributed by atoms with Gasteiger partial charge in [0.25, 0.3) is 0 Å². The second-order valence-corrected chi connectivity index (χ2v) is 25.2. The van der Waals surface area contributed by atoms with Gasteiger partial charge in [0.15, 0.2) is 17.5 Å². The normalized spacial score (nSPS) is 11.4. The SMILES string of the molecule is CCC(CC)c1ccnc(-c2[c-]cc3sc4ccc(-c5cc(F)c(F)c(F)c5)cc4c3c2)c1.Cc1cc(-c2[c-]cccc2)nc[c]1[Ge]([CH3])([CH3])[CH3].[Ir].